The predicted molar refractivity (Wildman–Crippen MR) is 82.2 cm³/mol. The molecule has 4 nitrogen and oxygen atoms in total. The van der Waals surface area contributed by atoms with Gasteiger partial charge in [-0.05, 0) is 19.1 Å². The molecule has 0 atom stereocenters. The summed E-state index contributed by atoms with van der Waals surface area (Å²) < 4.78 is 0. The number of likely N-dealkylation sites (N-methyl/N-ethyl adjacent to an activating group) is 1. The minimum atomic E-state index is -0.323. The normalized spacial score (nSPS) is 10.5. The molecule has 6 heteroatoms. The highest BCUT2D eigenvalue weighted by Gasteiger charge is 2.19. The molecule has 1 rings (SSSR count). The van der Waals surface area contributed by atoms with Gasteiger partial charge < -0.3 is 10.2 Å². The highest BCUT2D eigenvalue weighted by molar-refractivity contribution is 6.39. The van der Waals surface area contributed by atoms with Gasteiger partial charge in [-0.25, -0.2) is 0 Å². The fourth-order valence-electron chi connectivity index (χ4n) is 1.68. The van der Waals surface area contributed by atoms with Crippen molar-refractivity contribution >= 4 is 40.7 Å². The van der Waals surface area contributed by atoms with E-state index in [1.165, 1.54) is 4.90 Å². The number of amides is 2. The summed E-state index contributed by atoms with van der Waals surface area (Å²) in [6.07, 6.45) is 0. The third-order valence-electron chi connectivity index (χ3n) is 2.75. The van der Waals surface area contributed by atoms with E-state index in [9.17, 15) is 9.59 Å². The van der Waals surface area contributed by atoms with Crippen molar-refractivity contribution in [2.75, 3.05) is 18.4 Å². The van der Waals surface area contributed by atoms with E-state index in [0.717, 1.165) is 0 Å². The molecule has 0 aliphatic heterocycles. The van der Waals surface area contributed by atoms with E-state index >= 15 is 0 Å². The van der Waals surface area contributed by atoms with Crippen LogP contribution in [0.1, 0.15) is 20.8 Å². The van der Waals surface area contributed by atoms with E-state index < -0.39 is 0 Å². The summed E-state index contributed by atoms with van der Waals surface area (Å²) in [5, 5.41) is 3.37. The summed E-state index contributed by atoms with van der Waals surface area (Å²) in [6.45, 7) is 5.88. The number of halogens is 2. The van der Waals surface area contributed by atoms with Crippen LogP contribution in [0.3, 0.4) is 0 Å². The summed E-state index contributed by atoms with van der Waals surface area (Å²) in [6, 6.07) is 4.97. The lowest BCUT2D eigenvalue weighted by Crippen LogP contribution is -2.40. The van der Waals surface area contributed by atoms with Crippen LogP contribution in [-0.4, -0.2) is 29.8 Å². The highest BCUT2D eigenvalue weighted by Crippen LogP contribution is 2.29. The van der Waals surface area contributed by atoms with Gasteiger partial charge in [-0.2, -0.15) is 0 Å². The lowest BCUT2D eigenvalue weighted by Gasteiger charge is -2.22. The number of para-hydroxylation sites is 1. The van der Waals surface area contributed by atoms with Crippen LogP contribution in [0.4, 0.5) is 5.69 Å². The molecule has 0 spiro atoms. The fourth-order valence-corrected chi connectivity index (χ4v) is 2.17. The van der Waals surface area contributed by atoms with Gasteiger partial charge in [0.1, 0.15) is 0 Å². The van der Waals surface area contributed by atoms with Gasteiger partial charge in [0.15, 0.2) is 0 Å². The summed E-state index contributed by atoms with van der Waals surface area (Å²) in [7, 11) is 0. The lowest BCUT2D eigenvalue weighted by atomic mass is 10.2. The van der Waals surface area contributed by atoms with Crippen molar-refractivity contribution in [2.24, 2.45) is 5.92 Å². The molecule has 2 amide bonds. The van der Waals surface area contributed by atoms with Gasteiger partial charge in [0.25, 0.3) is 0 Å². The molecular weight excluding hydrogens is 299 g/mol. The zero-order valence-electron chi connectivity index (χ0n) is 11.7. The molecule has 1 aromatic rings. The van der Waals surface area contributed by atoms with Crippen LogP contribution in [0.15, 0.2) is 18.2 Å². The first-order valence-electron chi connectivity index (χ1n) is 6.39. The van der Waals surface area contributed by atoms with Crippen LogP contribution in [0, 0.1) is 5.92 Å². The van der Waals surface area contributed by atoms with E-state index in [4.69, 9.17) is 23.2 Å². The predicted octanol–water partition coefficient (Wildman–Crippen LogP) is 3.44. The Hall–Kier alpha value is -1.26. The molecule has 0 saturated heterocycles. The van der Waals surface area contributed by atoms with Crippen LogP contribution in [0.25, 0.3) is 0 Å². The van der Waals surface area contributed by atoms with Crippen LogP contribution >= 0.6 is 23.2 Å². The third-order valence-corrected chi connectivity index (χ3v) is 3.38. The molecule has 0 fully saturated rings. The Morgan fingerprint density at radius 3 is 2.25 bits per heavy atom. The number of rotatable bonds is 5. The zero-order chi connectivity index (χ0) is 15.3. The van der Waals surface area contributed by atoms with Crippen molar-refractivity contribution in [3.8, 4) is 0 Å². The molecule has 0 aliphatic carbocycles. The Kier molecular flexibility index (Phi) is 6.30. The first-order chi connectivity index (χ1) is 9.36. The molecule has 20 heavy (non-hydrogen) atoms. The Morgan fingerprint density at radius 2 is 1.80 bits per heavy atom. The molecule has 0 saturated carbocycles. The smallest absolute Gasteiger partial charge is 0.244 e. The molecule has 0 aromatic heterocycles. The second-order valence-corrected chi connectivity index (χ2v) is 5.47. The zero-order valence-corrected chi connectivity index (χ0v) is 13.3. The first-order valence-corrected chi connectivity index (χ1v) is 7.15. The van der Waals surface area contributed by atoms with E-state index in [-0.39, 0.29) is 24.3 Å². The maximum absolute atomic E-state index is 12.0. The maximum atomic E-state index is 12.0. The van der Waals surface area contributed by atoms with Gasteiger partial charge in [0, 0.05) is 12.5 Å². The van der Waals surface area contributed by atoms with Gasteiger partial charge >= 0.3 is 0 Å². The van der Waals surface area contributed by atoms with Crippen LogP contribution in [0.5, 0.6) is 0 Å². The van der Waals surface area contributed by atoms with E-state index in [1.807, 2.05) is 6.92 Å². The molecule has 0 bridgehead atoms. The van der Waals surface area contributed by atoms with Crippen molar-refractivity contribution in [1.29, 1.82) is 0 Å². The Morgan fingerprint density at radius 1 is 1.25 bits per heavy atom. The SMILES string of the molecule is CCN(CC(=O)Nc1c(Cl)cccc1Cl)C(=O)C(C)C. The quantitative estimate of drug-likeness (QED) is 0.904. The molecule has 0 heterocycles. The molecule has 0 aliphatic rings. The fraction of sp³-hybridized carbons (Fsp3) is 0.429. The Labute approximate surface area is 129 Å². The molecule has 0 radical (unpaired) electrons. The standard InChI is InChI=1S/C14H18Cl2N2O2/c1-4-18(14(20)9(2)3)8-12(19)17-13-10(15)6-5-7-11(13)16/h5-7,9H,4,8H2,1-3H3,(H,17,19). The Bertz CT molecular complexity index is 484. The Balaban J connectivity index is 2.74. The second-order valence-electron chi connectivity index (χ2n) is 4.65. The lowest BCUT2D eigenvalue weighted by molar-refractivity contribution is -0.137. The summed E-state index contributed by atoms with van der Waals surface area (Å²) in [4.78, 5) is 25.4. The number of carbonyl (C=O) groups is 2. The number of benzene rings is 1. The van der Waals surface area contributed by atoms with Crippen molar-refractivity contribution in [3.63, 3.8) is 0 Å². The number of hydrogen-bond donors (Lipinski definition) is 1. The first kappa shape index (κ1) is 16.8. The highest BCUT2D eigenvalue weighted by atomic mass is 35.5. The monoisotopic (exact) mass is 316 g/mol. The van der Waals surface area contributed by atoms with Gasteiger partial charge in [-0.1, -0.05) is 43.1 Å². The average Bonchev–Trinajstić information content (AvgIpc) is 2.39. The van der Waals surface area contributed by atoms with Crippen LogP contribution < -0.4 is 5.32 Å². The molecule has 110 valence electrons. The van der Waals surface area contributed by atoms with Crippen molar-refractivity contribution < 1.29 is 9.59 Å². The topological polar surface area (TPSA) is 49.4 Å². The number of anilines is 1. The van der Waals surface area contributed by atoms with Gasteiger partial charge in [0.05, 0.1) is 22.3 Å². The minimum Gasteiger partial charge on any atom is -0.333 e. The number of nitrogens with zero attached hydrogens (tertiary/aromatic N) is 1. The second kappa shape index (κ2) is 7.50. The largest absolute Gasteiger partial charge is 0.333 e. The van der Waals surface area contributed by atoms with Crippen LogP contribution in [-0.2, 0) is 9.59 Å². The molecule has 1 N–H and O–H groups in total. The summed E-state index contributed by atoms with van der Waals surface area (Å²) in [5.74, 6) is -0.532. The van der Waals surface area contributed by atoms with Gasteiger partial charge in [-0.15, -0.1) is 0 Å². The maximum Gasteiger partial charge on any atom is 0.244 e. The van der Waals surface area contributed by atoms with Crippen molar-refractivity contribution in [2.45, 2.75) is 20.8 Å². The average molecular weight is 317 g/mol. The van der Waals surface area contributed by atoms with Crippen molar-refractivity contribution in [3.05, 3.63) is 28.2 Å². The molecule has 1 aromatic carbocycles. The van der Waals surface area contributed by atoms with E-state index in [2.05, 4.69) is 5.32 Å². The third kappa shape index (κ3) is 4.39. The number of hydrogen-bond acceptors (Lipinski definition) is 2. The van der Waals surface area contributed by atoms with E-state index in [0.29, 0.717) is 22.3 Å². The molecular formula is C14H18Cl2N2O2. The number of nitrogens with one attached hydrogen (secondary N) is 1. The van der Waals surface area contributed by atoms with E-state index in [1.54, 1.807) is 32.0 Å². The summed E-state index contributed by atoms with van der Waals surface area (Å²) >= 11 is 12.0. The van der Waals surface area contributed by atoms with Crippen molar-refractivity contribution in [1.82, 2.24) is 4.90 Å². The van der Waals surface area contributed by atoms with Crippen LogP contribution in [0.2, 0.25) is 10.0 Å². The summed E-state index contributed by atoms with van der Waals surface area (Å²) in [5.41, 5.74) is 0.369. The van der Waals surface area contributed by atoms with Gasteiger partial charge in [0.2, 0.25) is 11.8 Å². The minimum absolute atomic E-state index is 0.0188. The molecule has 0 unspecified atom stereocenters. The number of carbonyl (C=O) groups excluding carboxylic acids is 2. The van der Waals surface area contributed by atoms with Gasteiger partial charge in [-0.3, -0.25) is 9.59 Å².